The van der Waals surface area contributed by atoms with Crippen molar-refractivity contribution in [3.05, 3.63) is 0 Å². The van der Waals surface area contributed by atoms with Crippen molar-refractivity contribution in [1.82, 2.24) is 4.90 Å². The molecule has 0 aromatic rings. The third-order valence-electron chi connectivity index (χ3n) is 4.33. The second-order valence-corrected chi connectivity index (χ2v) is 6.34. The number of hydrogen-bond donors (Lipinski definition) is 0. The Labute approximate surface area is 107 Å². The van der Waals surface area contributed by atoms with Gasteiger partial charge in [-0.05, 0) is 31.1 Å². The first-order valence-electron chi connectivity index (χ1n) is 7.18. The van der Waals surface area contributed by atoms with Crippen LogP contribution in [-0.2, 0) is 4.79 Å². The van der Waals surface area contributed by atoms with Gasteiger partial charge in [-0.1, -0.05) is 41.0 Å². The van der Waals surface area contributed by atoms with Crippen LogP contribution in [0.4, 0.5) is 0 Å². The molecule has 1 aliphatic heterocycles. The van der Waals surface area contributed by atoms with E-state index in [0.717, 1.165) is 19.4 Å². The normalized spacial score (nSPS) is 28.5. The van der Waals surface area contributed by atoms with Gasteiger partial charge >= 0.3 is 0 Å². The zero-order chi connectivity index (χ0) is 13.2. The maximum atomic E-state index is 12.7. The summed E-state index contributed by atoms with van der Waals surface area (Å²) < 4.78 is 0. The standard InChI is InChI=1S/C15H29NO/c1-7-12(5)14(10(2)3)15(17)16-9-11(4)8-13(16)6/h10-14H,7-9H2,1-6H3/t11?,12?,13-,14?/m1/s1. The maximum Gasteiger partial charge on any atom is 0.226 e. The van der Waals surface area contributed by atoms with Gasteiger partial charge in [-0.2, -0.15) is 0 Å². The predicted octanol–water partition coefficient (Wildman–Crippen LogP) is 3.56. The van der Waals surface area contributed by atoms with E-state index in [9.17, 15) is 4.79 Å². The molecule has 100 valence electrons. The molecule has 2 heteroatoms. The number of carbonyl (C=O) groups is 1. The van der Waals surface area contributed by atoms with Gasteiger partial charge in [0.05, 0.1) is 0 Å². The number of carbonyl (C=O) groups excluding carboxylic acids is 1. The molecule has 1 amide bonds. The second-order valence-electron chi connectivity index (χ2n) is 6.34. The minimum absolute atomic E-state index is 0.202. The molecular weight excluding hydrogens is 210 g/mol. The number of amides is 1. The molecule has 1 rings (SSSR count). The van der Waals surface area contributed by atoms with Crippen LogP contribution >= 0.6 is 0 Å². The summed E-state index contributed by atoms with van der Waals surface area (Å²) in [4.78, 5) is 14.8. The zero-order valence-corrected chi connectivity index (χ0v) is 12.4. The first-order valence-corrected chi connectivity index (χ1v) is 7.18. The Balaban J connectivity index is 2.78. The smallest absolute Gasteiger partial charge is 0.226 e. The lowest BCUT2D eigenvalue weighted by atomic mass is 9.82. The lowest BCUT2D eigenvalue weighted by molar-refractivity contribution is -0.139. The first kappa shape index (κ1) is 14.5. The van der Waals surface area contributed by atoms with Crippen LogP contribution in [0.3, 0.4) is 0 Å². The molecule has 3 unspecified atom stereocenters. The van der Waals surface area contributed by atoms with E-state index in [-0.39, 0.29) is 5.92 Å². The topological polar surface area (TPSA) is 20.3 Å². The molecule has 1 heterocycles. The SMILES string of the molecule is CCC(C)C(C(=O)N1CC(C)C[C@H]1C)C(C)C. The van der Waals surface area contributed by atoms with E-state index in [1.165, 1.54) is 0 Å². The molecule has 4 atom stereocenters. The number of rotatable bonds is 4. The molecule has 0 aromatic carbocycles. The van der Waals surface area contributed by atoms with Crippen LogP contribution in [0, 0.1) is 23.7 Å². The van der Waals surface area contributed by atoms with Crippen molar-refractivity contribution in [2.24, 2.45) is 23.7 Å². The van der Waals surface area contributed by atoms with Crippen molar-refractivity contribution < 1.29 is 4.79 Å². The molecule has 0 saturated carbocycles. The molecule has 0 spiro atoms. The van der Waals surface area contributed by atoms with Crippen molar-refractivity contribution >= 4 is 5.91 Å². The molecule has 1 saturated heterocycles. The summed E-state index contributed by atoms with van der Waals surface area (Å²) in [5.41, 5.74) is 0. The van der Waals surface area contributed by atoms with Crippen molar-refractivity contribution in [2.75, 3.05) is 6.54 Å². The third-order valence-corrected chi connectivity index (χ3v) is 4.33. The Morgan fingerprint density at radius 3 is 2.24 bits per heavy atom. The van der Waals surface area contributed by atoms with E-state index in [1.807, 2.05) is 0 Å². The van der Waals surface area contributed by atoms with E-state index in [4.69, 9.17) is 0 Å². The average Bonchev–Trinajstić information content (AvgIpc) is 2.57. The fraction of sp³-hybridized carbons (Fsp3) is 0.933. The Hall–Kier alpha value is -0.530. The molecule has 0 bridgehead atoms. The molecule has 0 aliphatic carbocycles. The summed E-state index contributed by atoms with van der Waals surface area (Å²) in [6.45, 7) is 14.2. The van der Waals surface area contributed by atoms with Gasteiger partial charge < -0.3 is 4.90 Å². The van der Waals surface area contributed by atoms with E-state index in [2.05, 4.69) is 46.4 Å². The van der Waals surface area contributed by atoms with Crippen LogP contribution < -0.4 is 0 Å². The van der Waals surface area contributed by atoms with Gasteiger partial charge in [0.2, 0.25) is 5.91 Å². The van der Waals surface area contributed by atoms with E-state index < -0.39 is 0 Å². The Morgan fingerprint density at radius 2 is 1.88 bits per heavy atom. The summed E-state index contributed by atoms with van der Waals surface area (Å²) in [7, 11) is 0. The highest BCUT2D eigenvalue weighted by molar-refractivity contribution is 5.80. The molecule has 2 nitrogen and oxygen atoms in total. The first-order chi connectivity index (χ1) is 7.88. The van der Waals surface area contributed by atoms with Crippen LogP contribution in [0.2, 0.25) is 0 Å². The fourth-order valence-corrected chi connectivity index (χ4v) is 3.24. The van der Waals surface area contributed by atoms with Crippen molar-refractivity contribution in [3.63, 3.8) is 0 Å². The minimum Gasteiger partial charge on any atom is -0.339 e. The largest absolute Gasteiger partial charge is 0.339 e. The highest BCUT2D eigenvalue weighted by Crippen LogP contribution is 2.30. The van der Waals surface area contributed by atoms with Gasteiger partial charge in [0.1, 0.15) is 0 Å². The van der Waals surface area contributed by atoms with Crippen LogP contribution in [0.25, 0.3) is 0 Å². The van der Waals surface area contributed by atoms with Crippen LogP contribution in [0.15, 0.2) is 0 Å². The van der Waals surface area contributed by atoms with E-state index in [1.54, 1.807) is 0 Å². The molecular formula is C15H29NO. The summed E-state index contributed by atoms with van der Waals surface area (Å²) in [6.07, 6.45) is 2.25. The molecule has 17 heavy (non-hydrogen) atoms. The summed E-state index contributed by atoms with van der Waals surface area (Å²) >= 11 is 0. The Kier molecular flexibility index (Phi) is 5.03. The van der Waals surface area contributed by atoms with Crippen LogP contribution in [0.1, 0.15) is 54.4 Å². The summed E-state index contributed by atoms with van der Waals surface area (Å²) in [6, 6.07) is 0.433. The molecule has 1 fully saturated rings. The average molecular weight is 239 g/mol. The van der Waals surface area contributed by atoms with Gasteiger partial charge in [-0.3, -0.25) is 4.79 Å². The van der Waals surface area contributed by atoms with Crippen molar-refractivity contribution in [3.8, 4) is 0 Å². The molecule has 0 radical (unpaired) electrons. The maximum absolute atomic E-state index is 12.7. The van der Waals surface area contributed by atoms with Gasteiger partial charge in [0.15, 0.2) is 0 Å². The van der Waals surface area contributed by atoms with E-state index in [0.29, 0.717) is 29.7 Å². The summed E-state index contributed by atoms with van der Waals surface area (Å²) in [5.74, 6) is 2.20. The highest BCUT2D eigenvalue weighted by Gasteiger charge is 2.36. The monoisotopic (exact) mass is 239 g/mol. The van der Waals surface area contributed by atoms with Gasteiger partial charge in [-0.25, -0.2) is 0 Å². The van der Waals surface area contributed by atoms with Gasteiger partial charge in [-0.15, -0.1) is 0 Å². The predicted molar refractivity (Wildman–Crippen MR) is 72.7 cm³/mol. The van der Waals surface area contributed by atoms with E-state index >= 15 is 0 Å². The summed E-state index contributed by atoms with van der Waals surface area (Å²) in [5, 5.41) is 0. The minimum atomic E-state index is 0.202. The molecule has 0 N–H and O–H groups in total. The van der Waals surface area contributed by atoms with Crippen LogP contribution in [0.5, 0.6) is 0 Å². The second kappa shape index (κ2) is 5.88. The molecule has 0 aromatic heterocycles. The quantitative estimate of drug-likeness (QED) is 0.734. The fourth-order valence-electron chi connectivity index (χ4n) is 3.24. The third kappa shape index (κ3) is 3.23. The van der Waals surface area contributed by atoms with Gasteiger partial charge in [0, 0.05) is 18.5 Å². The van der Waals surface area contributed by atoms with Crippen molar-refractivity contribution in [1.29, 1.82) is 0 Å². The Morgan fingerprint density at radius 1 is 1.29 bits per heavy atom. The lowest BCUT2D eigenvalue weighted by Crippen LogP contribution is -2.42. The lowest BCUT2D eigenvalue weighted by Gasteiger charge is -2.32. The number of hydrogen-bond acceptors (Lipinski definition) is 1. The van der Waals surface area contributed by atoms with Crippen molar-refractivity contribution in [2.45, 2.75) is 60.4 Å². The van der Waals surface area contributed by atoms with Crippen LogP contribution in [-0.4, -0.2) is 23.4 Å². The van der Waals surface area contributed by atoms with Gasteiger partial charge in [0.25, 0.3) is 0 Å². The number of likely N-dealkylation sites (tertiary alicyclic amines) is 1. The zero-order valence-electron chi connectivity index (χ0n) is 12.4. The highest BCUT2D eigenvalue weighted by atomic mass is 16.2. The number of nitrogens with zero attached hydrogens (tertiary/aromatic N) is 1. The molecule has 1 aliphatic rings. The Bertz CT molecular complexity index is 262.